The van der Waals surface area contributed by atoms with Crippen molar-refractivity contribution < 1.29 is 14.0 Å². The number of ketones is 1. The summed E-state index contributed by atoms with van der Waals surface area (Å²) in [5.74, 6) is -0.292. The second-order valence-corrected chi connectivity index (χ2v) is 5.94. The number of hydrogen-bond acceptors (Lipinski definition) is 2. The Bertz CT molecular complexity index is 512. The number of benzene rings is 1. The summed E-state index contributed by atoms with van der Waals surface area (Å²) in [6.45, 7) is 5.47. The van der Waals surface area contributed by atoms with Crippen LogP contribution in [-0.4, -0.2) is 11.7 Å². The standard InChI is InChI=1S/C18H26FNO2/c1-4-17(21)9-7-5-6-8-14-10-15(19)12-16(11-14)20-18(22)13(2)3/h10-13H,4-9H2,1-3H3,(H,20,22). The average Bonchev–Trinajstić information content (AvgIpc) is 2.45. The van der Waals surface area contributed by atoms with Gasteiger partial charge in [0.1, 0.15) is 11.6 Å². The Hall–Kier alpha value is -1.71. The van der Waals surface area contributed by atoms with Gasteiger partial charge in [0.15, 0.2) is 0 Å². The molecule has 4 heteroatoms. The number of rotatable bonds is 9. The number of aryl methyl sites for hydroxylation is 1. The first kappa shape index (κ1) is 18.3. The van der Waals surface area contributed by atoms with E-state index in [2.05, 4.69) is 5.32 Å². The van der Waals surface area contributed by atoms with Crippen molar-refractivity contribution in [1.82, 2.24) is 0 Å². The fourth-order valence-corrected chi connectivity index (χ4v) is 2.16. The molecule has 0 aliphatic rings. The van der Waals surface area contributed by atoms with Crippen LogP contribution in [0.2, 0.25) is 0 Å². The first-order valence-corrected chi connectivity index (χ1v) is 8.04. The monoisotopic (exact) mass is 307 g/mol. The lowest BCUT2D eigenvalue weighted by atomic mass is 10.0. The fourth-order valence-electron chi connectivity index (χ4n) is 2.16. The maximum atomic E-state index is 13.6. The summed E-state index contributed by atoms with van der Waals surface area (Å²) in [5, 5.41) is 2.72. The lowest BCUT2D eigenvalue weighted by Crippen LogP contribution is -2.17. The molecule has 0 aromatic heterocycles. The molecule has 0 atom stereocenters. The summed E-state index contributed by atoms with van der Waals surface area (Å²) in [6.07, 6.45) is 4.74. The van der Waals surface area contributed by atoms with E-state index >= 15 is 0 Å². The third-order valence-electron chi connectivity index (χ3n) is 3.56. The van der Waals surface area contributed by atoms with E-state index < -0.39 is 0 Å². The molecule has 3 nitrogen and oxygen atoms in total. The number of unbranched alkanes of at least 4 members (excludes halogenated alkanes) is 2. The van der Waals surface area contributed by atoms with E-state index in [1.54, 1.807) is 13.8 Å². The van der Waals surface area contributed by atoms with Crippen molar-refractivity contribution in [3.05, 3.63) is 29.6 Å². The molecule has 1 N–H and O–H groups in total. The zero-order valence-corrected chi connectivity index (χ0v) is 13.7. The van der Waals surface area contributed by atoms with Crippen LogP contribution < -0.4 is 5.32 Å². The first-order chi connectivity index (χ1) is 10.4. The SMILES string of the molecule is CCC(=O)CCCCCc1cc(F)cc(NC(=O)C(C)C)c1. The van der Waals surface area contributed by atoms with Crippen LogP contribution in [0, 0.1) is 11.7 Å². The third-order valence-corrected chi connectivity index (χ3v) is 3.56. The minimum absolute atomic E-state index is 0.116. The molecule has 1 amide bonds. The van der Waals surface area contributed by atoms with E-state index in [0.29, 0.717) is 24.3 Å². The molecule has 0 bridgehead atoms. The van der Waals surface area contributed by atoms with Crippen LogP contribution in [0.15, 0.2) is 18.2 Å². The molecule has 0 fully saturated rings. The van der Waals surface area contributed by atoms with Crippen molar-refractivity contribution in [3.63, 3.8) is 0 Å². The number of anilines is 1. The topological polar surface area (TPSA) is 46.2 Å². The highest BCUT2D eigenvalue weighted by molar-refractivity contribution is 5.92. The molecule has 0 saturated heterocycles. The number of nitrogens with one attached hydrogen (secondary N) is 1. The second-order valence-electron chi connectivity index (χ2n) is 5.94. The van der Waals surface area contributed by atoms with Gasteiger partial charge in [-0.1, -0.05) is 27.2 Å². The molecule has 1 aromatic rings. The minimum atomic E-state index is -0.335. The van der Waals surface area contributed by atoms with Gasteiger partial charge >= 0.3 is 0 Å². The van der Waals surface area contributed by atoms with Gasteiger partial charge in [-0.05, 0) is 43.0 Å². The maximum absolute atomic E-state index is 13.6. The molecule has 122 valence electrons. The fraction of sp³-hybridized carbons (Fsp3) is 0.556. The normalized spacial score (nSPS) is 10.8. The van der Waals surface area contributed by atoms with Crippen LogP contribution in [0.25, 0.3) is 0 Å². The highest BCUT2D eigenvalue weighted by atomic mass is 19.1. The van der Waals surface area contributed by atoms with Crippen molar-refractivity contribution in [2.24, 2.45) is 5.92 Å². The summed E-state index contributed by atoms with van der Waals surface area (Å²) in [4.78, 5) is 22.9. The quantitative estimate of drug-likeness (QED) is 0.683. The lowest BCUT2D eigenvalue weighted by Gasteiger charge is -2.10. The van der Waals surface area contributed by atoms with Gasteiger partial charge in [0.2, 0.25) is 5.91 Å². The van der Waals surface area contributed by atoms with Gasteiger partial charge in [-0.25, -0.2) is 4.39 Å². The lowest BCUT2D eigenvalue weighted by molar-refractivity contribution is -0.119. The molecule has 0 spiro atoms. The van der Waals surface area contributed by atoms with E-state index in [4.69, 9.17) is 0 Å². The Morgan fingerprint density at radius 3 is 2.50 bits per heavy atom. The van der Waals surface area contributed by atoms with E-state index in [-0.39, 0.29) is 17.6 Å². The molecule has 1 aromatic carbocycles. The first-order valence-electron chi connectivity index (χ1n) is 8.04. The van der Waals surface area contributed by atoms with E-state index in [1.165, 1.54) is 12.1 Å². The minimum Gasteiger partial charge on any atom is -0.326 e. The number of halogens is 1. The summed E-state index contributed by atoms with van der Waals surface area (Å²) in [5.41, 5.74) is 1.38. The zero-order chi connectivity index (χ0) is 16.5. The molecule has 1 rings (SSSR count). The summed E-state index contributed by atoms with van der Waals surface area (Å²) in [7, 11) is 0. The van der Waals surface area contributed by atoms with Crippen LogP contribution >= 0.6 is 0 Å². The van der Waals surface area contributed by atoms with Gasteiger partial charge in [0, 0.05) is 24.4 Å². The average molecular weight is 307 g/mol. The molecule has 0 heterocycles. The van der Waals surface area contributed by atoms with Gasteiger partial charge in [-0.3, -0.25) is 9.59 Å². The number of carbonyl (C=O) groups excluding carboxylic acids is 2. The second kappa shape index (κ2) is 9.34. The molecule has 0 aliphatic carbocycles. The van der Waals surface area contributed by atoms with Gasteiger partial charge < -0.3 is 5.32 Å². The largest absolute Gasteiger partial charge is 0.326 e. The zero-order valence-electron chi connectivity index (χ0n) is 13.7. The maximum Gasteiger partial charge on any atom is 0.226 e. The Labute approximate surface area is 132 Å². The van der Waals surface area contributed by atoms with E-state index in [9.17, 15) is 14.0 Å². The highest BCUT2D eigenvalue weighted by Crippen LogP contribution is 2.17. The number of Topliss-reactive ketones (excluding diaryl/α,β-unsaturated/α-hetero) is 1. The molecular weight excluding hydrogens is 281 g/mol. The van der Waals surface area contributed by atoms with Crippen molar-refractivity contribution in [2.75, 3.05) is 5.32 Å². The van der Waals surface area contributed by atoms with Gasteiger partial charge in [0.05, 0.1) is 0 Å². The van der Waals surface area contributed by atoms with E-state index in [1.807, 2.05) is 13.0 Å². The summed E-state index contributed by atoms with van der Waals surface area (Å²) in [6, 6.07) is 4.66. The summed E-state index contributed by atoms with van der Waals surface area (Å²) < 4.78 is 13.6. The van der Waals surface area contributed by atoms with Crippen molar-refractivity contribution in [2.45, 2.75) is 59.3 Å². The van der Waals surface area contributed by atoms with E-state index in [0.717, 1.165) is 31.2 Å². The highest BCUT2D eigenvalue weighted by Gasteiger charge is 2.09. The van der Waals surface area contributed by atoms with Crippen LogP contribution in [0.5, 0.6) is 0 Å². The smallest absolute Gasteiger partial charge is 0.226 e. The molecule has 0 unspecified atom stereocenters. The van der Waals surface area contributed by atoms with Gasteiger partial charge in [-0.15, -0.1) is 0 Å². The molecular formula is C18H26FNO2. The van der Waals surface area contributed by atoms with Crippen molar-refractivity contribution in [1.29, 1.82) is 0 Å². The predicted octanol–water partition coefficient (Wildman–Crippen LogP) is 4.50. The third kappa shape index (κ3) is 6.83. The number of hydrogen-bond donors (Lipinski definition) is 1. The van der Waals surface area contributed by atoms with Crippen LogP contribution in [0.1, 0.15) is 58.4 Å². The molecule has 0 saturated carbocycles. The van der Waals surface area contributed by atoms with Gasteiger partial charge in [-0.2, -0.15) is 0 Å². The molecule has 22 heavy (non-hydrogen) atoms. The van der Waals surface area contributed by atoms with Crippen LogP contribution in [0.4, 0.5) is 10.1 Å². The Kier molecular flexibility index (Phi) is 7.78. The van der Waals surface area contributed by atoms with Crippen molar-refractivity contribution in [3.8, 4) is 0 Å². The Balaban J connectivity index is 2.48. The van der Waals surface area contributed by atoms with Crippen LogP contribution in [-0.2, 0) is 16.0 Å². The Morgan fingerprint density at radius 2 is 1.86 bits per heavy atom. The molecule has 0 aliphatic heterocycles. The number of amides is 1. The summed E-state index contributed by atoms with van der Waals surface area (Å²) >= 11 is 0. The van der Waals surface area contributed by atoms with Crippen LogP contribution in [0.3, 0.4) is 0 Å². The Morgan fingerprint density at radius 1 is 1.14 bits per heavy atom. The van der Waals surface area contributed by atoms with Crippen molar-refractivity contribution >= 4 is 17.4 Å². The number of carbonyl (C=O) groups is 2. The molecule has 0 radical (unpaired) electrons. The predicted molar refractivity (Wildman–Crippen MR) is 87.3 cm³/mol. The van der Waals surface area contributed by atoms with Gasteiger partial charge in [0.25, 0.3) is 0 Å².